The van der Waals surface area contributed by atoms with E-state index in [2.05, 4.69) is 5.32 Å². The molecule has 0 saturated carbocycles. The molecule has 1 N–H and O–H groups in total. The fraction of sp³-hybridized carbons (Fsp3) is 0.526. The van der Waals surface area contributed by atoms with Gasteiger partial charge >= 0.3 is 25.1 Å². The second-order valence-electron chi connectivity index (χ2n) is 6.77. The summed E-state index contributed by atoms with van der Waals surface area (Å²) in [6, 6.07) is 9.48. The average molecular weight is 389 g/mol. The topological polar surface area (TPSA) is 88.2 Å². The number of nitrogens with zero attached hydrogens (tertiary/aromatic N) is 2. The lowest BCUT2D eigenvalue weighted by molar-refractivity contribution is -0.146. The molecule has 1 fully saturated rings. The molecule has 1 aliphatic rings. The van der Waals surface area contributed by atoms with Crippen molar-refractivity contribution in [2.45, 2.75) is 32.6 Å². The highest BCUT2D eigenvalue weighted by Gasteiger charge is 2.40. The van der Waals surface area contributed by atoms with Crippen molar-refractivity contribution in [3.8, 4) is 0 Å². The van der Waals surface area contributed by atoms with Crippen molar-refractivity contribution in [1.29, 1.82) is 0 Å². The van der Waals surface area contributed by atoms with Crippen LogP contribution in [0, 0.1) is 0 Å². The molecule has 0 radical (unpaired) electrons. The Balaban J connectivity index is 2.15. The molecule has 0 aromatic heterocycles. The van der Waals surface area contributed by atoms with E-state index in [1.165, 1.54) is 4.90 Å². The van der Waals surface area contributed by atoms with E-state index in [1.54, 1.807) is 11.9 Å². The molecule has 2 amide bonds. The summed E-state index contributed by atoms with van der Waals surface area (Å²) in [4.78, 5) is 39.9. The van der Waals surface area contributed by atoms with Crippen LogP contribution < -0.4 is 5.32 Å². The molecule has 9 heteroatoms. The van der Waals surface area contributed by atoms with Gasteiger partial charge in [-0.3, -0.25) is 14.5 Å². The molecule has 1 atom stereocenters. The standard InChI is InChI=1S/C19H28BN3O5/c1-4-23(5-2)19(26)21-16(12-11-15-9-7-6-8-10-15)20-27-17(24)13-22(3)14-18(25)28-20/h6-10,16H,4-5,11-14H2,1-3H3,(H,21,26). The lowest BCUT2D eigenvalue weighted by Crippen LogP contribution is -2.56. The molecular weight excluding hydrogens is 361 g/mol. The maximum atomic E-state index is 12.6. The van der Waals surface area contributed by atoms with Crippen molar-refractivity contribution in [2.24, 2.45) is 0 Å². The normalized spacial score (nSPS) is 16.5. The highest BCUT2D eigenvalue weighted by Crippen LogP contribution is 2.12. The number of amides is 2. The van der Waals surface area contributed by atoms with Gasteiger partial charge in [0.1, 0.15) is 0 Å². The summed E-state index contributed by atoms with van der Waals surface area (Å²) >= 11 is 0. The van der Waals surface area contributed by atoms with E-state index in [0.29, 0.717) is 25.9 Å². The van der Waals surface area contributed by atoms with Crippen LogP contribution in [0.25, 0.3) is 0 Å². The molecule has 1 aliphatic heterocycles. The first-order valence-corrected chi connectivity index (χ1v) is 9.59. The van der Waals surface area contributed by atoms with Crippen LogP contribution >= 0.6 is 0 Å². The van der Waals surface area contributed by atoms with Crippen LogP contribution in [0.5, 0.6) is 0 Å². The van der Waals surface area contributed by atoms with Crippen LogP contribution in [-0.2, 0) is 25.3 Å². The maximum Gasteiger partial charge on any atom is 0.622 e. The molecule has 152 valence electrons. The van der Waals surface area contributed by atoms with Gasteiger partial charge in [-0.05, 0) is 39.3 Å². The number of likely N-dealkylation sites (N-methyl/N-ethyl adjacent to an activating group) is 1. The molecule has 0 aliphatic carbocycles. The van der Waals surface area contributed by atoms with E-state index in [0.717, 1.165) is 5.56 Å². The summed E-state index contributed by atoms with van der Waals surface area (Å²) in [5, 5.41) is 2.88. The zero-order valence-corrected chi connectivity index (χ0v) is 16.7. The minimum Gasteiger partial charge on any atom is -0.497 e. The molecule has 1 aromatic carbocycles. The number of nitrogens with one attached hydrogen (secondary N) is 1. The first-order chi connectivity index (χ1) is 13.4. The van der Waals surface area contributed by atoms with Crippen LogP contribution in [-0.4, -0.2) is 74.1 Å². The van der Waals surface area contributed by atoms with Gasteiger partial charge in [0, 0.05) is 13.1 Å². The number of aryl methyl sites for hydroxylation is 1. The SMILES string of the molecule is CCN(CC)C(=O)NC(CCc1ccccc1)B1OC(=O)CN(C)CC(=O)O1. The van der Waals surface area contributed by atoms with E-state index in [4.69, 9.17) is 9.31 Å². The minimum atomic E-state index is -1.16. The van der Waals surface area contributed by atoms with Crippen LogP contribution in [0.3, 0.4) is 0 Å². The number of hydrogen-bond acceptors (Lipinski definition) is 6. The summed E-state index contributed by atoms with van der Waals surface area (Å²) < 4.78 is 10.7. The van der Waals surface area contributed by atoms with Crippen molar-refractivity contribution in [3.05, 3.63) is 35.9 Å². The monoisotopic (exact) mass is 389 g/mol. The van der Waals surface area contributed by atoms with Gasteiger partial charge in [0.05, 0.1) is 19.0 Å². The number of hydrogen-bond donors (Lipinski definition) is 1. The second kappa shape index (κ2) is 10.7. The summed E-state index contributed by atoms with van der Waals surface area (Å²) in [6.45, 7) is 4.83. The fourth-order valence-corrected chi connectivity index (χ4v) is 3.02. The Hall–Kier alpha value is -2.55. The van der Waals surface area contributed by atoms with E-state index < -0.39 is 25.0 Å². The minimum absolute atomic E-state index is 0.0129. The Labute approximate surface area is 166 Å². The Morgan fingerprint density at radius 2 is 1.71 bits per heavy atom. The number of urea groups is 1. The molecule has 1 heterocycles. The fourth-order valence-electron chi connectivity index (χ4n) is 3.02. The maximum absolute atomic E-state index is 12.6. The highest BCUT2D eigenvalue weighted by molar-refractivity contribution is 6.51. The Morgan fingerprint density at radius 3 is 2.25 bits per heavy atom. The lowest BCUT2D eigenvalue weighted by atomic mass is 9.74. The number of benzene rings is 1. The van der Waals surface area contributed by atoms with Gasteiger partial charge in [-0.15, -0.1) is 0 Å². The van der Waals surface area contributed by atoms with Gasteiger partial charge in [-0.1, -0.05) is 30.3 Å². The van der Waals surface area contributed by atoms with Crippen molar-refractivity contribution in [3.63, 3.8) is 0 Å². The molecule has 0 spiro atoms. The predicted octanol–water partition coefficient (Wildman–Crippen LogP) is 1.10. The Morgan fingerprint density at radius 1 is 1.14 bits per heavy atom. The third-order valence-corrected chi connectivity index (χ3v) is 4.57. The molecule has 1 unspecified atom stereocenters. The summed E-state index contributed by atoms with van der Waals surface area (Å²) in [7, 11) is 0.481. The summed E-state index contributed by atoms with van der Waals surface area (Å²) in [6.07, 6.45) is 1.09. The third-order valence-electron chi connectivity index (χ3n) is 4.57. The number of rotatable bonds is 7. The van der Waals surface area contributed by atoms with Crippen molar-refractivity contribution >= 4 is 25.1 Å². The molecule has 1 aromatic rings. The smallest absolute Gasteiger partial charge is 0.497 e. The van der Waals surface area contributed by atoms with Crippen LogP contribution in [0.15, 0.2) is 30.3 Å². The van der Waals surface area contributed by atoms with Crippen molar-refractivity contribution in [2.75, 3.05) is 33.2 Å². The number of carbonyl (C=O) groups excluding carboxylic acids is 3. The van der Waals surface area contributed by atoms with Gasteiger partial charge in [0.2, 0.25) is 0 Å². The molecule has 8 nitrogen and oxygen atoms in total. The first-order valence-electron chi connectivity index (χ1n) is 9.59. The van der Waals surface area contributed by atoms with Crippen molar-refractivity contribution in [1.82, 2.24) is 15.1 Å². The van der Waals surface area contributed by atoms with Crippen LogP contribution in [0.4, 0.5) is 4.79 Å². The van der Waals surface area contributed by atoms with E-state index >= 15 is 0 Å². The summed E-state index contributed by atoms with van der Waals surface area (Å²) in [5.74, 6) is -1.65. The highest BCUT2D eigenvalue weighted by atomic mass is 16.6. The predicted molar refractivity (Wildman–Crippen MR) is 105 cm³/mol. The average Bonchev–Trinajstić information content (AvgIpc) is 2.65. The Kier molecular flexibility index (Phi) is 8.31. The second-order valence-corrected chi connectivity index (χ2v) is 6.77. The Bertz CT molecular complexity index is 649. The van der Waals surface area contributed by atoms with E-state index in [-0.39, 0.29) is 19.1 Å². The molecule has 2 rings (SSSR count). The quantitative estimate of drug-likeness (QED) is 0.703. The van der Waals surface area contributed by atoms with Crippen LogP contribution in [0.2, 0.25) is 0 Å². The largest absolute Gasteiger partial charge is 0.622 e. The van der Waals surface area contributed by atoms with E-state index in [1.807, 2.05) is 44.2 Å². The molecule has 1 saturated heterocycles. The van der Waals surface area contributed by atoms with Gasteiger partial charge in [0.25, 0.3) is 0 Å². The molecular formula is C19H28BN3O5. The van der Waals surface area contributed by atoms with Gasteiger partial charge < -0.3 is 19.5 Å². The molecule has 28 heavy (non-hydrogen) atoms. The summed E-state index contributed by atoms with van der Waals surface area (Å²) in [5.41, 5.74) is 1.08. The van der Waals surface area contributed by atoms with Crippen LogP contribution in [0.1, 0.15) is 25.8 Å². The zero-order valence-electron chi connectivity index (χ0n) is 16.7. The molecule has 0 bridgehead atoms. The van der Waals surface area contributed by atoms with Gasteiger partial charge in [-0.2, -0.15) is 0 Å². The van der Waals surface area contributed by atoms with Gasteiger partial charge in [-0.25, -0.2) is 4.79 Å². The zero-order chi connectivity index (χ0) is 20.5. The lowest BCUT2D eigenvalue weighted by Gasteiger charge is -2.29. The van der Waals surface area contributed by atoms with Gasteiger partial charge in [0.15, 0.2) is 0 Å². The third kappa shape index (κ3) is 6.56. The first kappa shape index (κ1) is 21.8. The number of carbonyl (C=O) groups is 3. The van der Waals surface area contributed by atoms with Crippen molar-refractivity contribution < 1.29 is 23.7 Å². The van der Waals surface area contributed by atoms with E-state index in [9.17, 15) is 14.4 Å².